The zero-order valence-electron chi connectivity index (χ0n) is 14.2. The van der Waals surface area contributed by atoms with Crippen molar-refractivity contribution in [1.29, 1.82) is 0 Å². The number of nitrogens with one attached hydrogen (secondary N) is 1. The van der Waals surface area contributed by atoms with Gasteiger partial charge in [-0.2, -0.15) is 0 Å². The Labute approximate surface area is 162 Å². The number of fused-ring (bicyclic) bond motifs is 3. The summed E-state index contributed by atoms with van der Waals surface area (Å²) < 4.78 is 11.9. The van der Waals surface area contributed by atoms with Gasteiger partial charge in [0.05, 0.1) is 18.3 Å². The van der Waals surface area contributed by atoms with Crippen molar-refractivity contribution in [2.75, 3.05) is 7.11 Å². The van der Waals surface area contributed by atoms with E-state index in [2.05, 4.69) is 30.9 Å². The third kappa shape index (κ3) is 3.24. The third-order valence-electron chi connectivity index (χ3n) is 4.12. The molecule has 0 saturated carbocycles. The van der Waals surface area contributed by atoms with Crippen LogP contribution in [0.5, 0.6) is 11.6 Å². The summed E-state index contributed by atoms with van der Waals surface area (Å²) in [5, 5.41) is 11.1. The Morgan fingerprint density at radius 1 is 1.19 bits per heavy atom. The Kier molecular flexibility index (Phi) is 4.51. The van der Waals surface area contributed by atoms with Gasteiger partial charge in [-0.1, -0.05) is 0 Å². The van der Waals surface area contributed by atoms with Gasteiger partial charge in [-0.15, -0.1) is 0 Å². The summed E-state index contributed by atoms with van der Waals surface area (Å²) in [6.07, 6.45) is 3.18. The van der Waals surface area contributed by atoms with Crippen LogP contribution in [0.3, 0.4) is 0 Å². The number of aromatic carboxylic acids is 1. The Morgan fingerprint density at radius 3 is 2.74 bits per heavy atom. The van der Waals surface area contributed by atoms with Gasteiger partial charge in [-0.3, -0.25) is 0 Å². The lowest BCUT2D eigenvalue weighted by molar-refractivity contribution is 0.0685. The zero-order valence-corrected chi connectivity index (χ0v) is 15.8. The van der Waals surface area contributed by atoms with Crippen molar-refractivity contribution in [3.05, 3.63) is 58.5 Å². The molecule has 1 aromatic carbocycles. The second kappa shape index (κ2) is 6.98. The van der Waals surface area contributed by atoms with E-state index in [-0.39, 0.29) is 12.3 Å². The van der Waals surface area contributed by atoms with Crippen LogP contribution in [-0.4, -0.2) is 33.1 Å². The number of nitrogens with zero attached hydrogens (tertiary/aromatic N) is 2. The van der Waals surface area contributed by atoms with Crippen LogP contribution < -0.4 is 4.74 Å². The van der Waals surface area contributed by atoms with Crippen LogP contribution in [-0.2, 0) is 11.3 Å². The Balaban J connectivity index is 1.88. The molecule has 4 rings (SSSR count). The van der Waals surface area contributed by atoms with Gasteiger partial charge >= 0.3 is 5.97 Å². The Morgan fingerprint density at radius 2 is 2.04 bits per heavy atom. The van der Waals surface area contributed by atoms with E-state index in [9.17, 15) is 9.90 Å². The fourth-order valence-corrected chi connectivity index (χ4v) is 3.25. The normalized spacial score (nSPS) is 11.2. The predicted molar refractivity (Wildman–Crippen MR) is 103 cm³/mol. The van der Waals surface area contributed by atoms with Gasteiger partial charge < -0.3 is 19.6 Å². The monoisotopic (exact) mass is 427 g/mol. The summed E-state index contributed by atoms with van der Waals surface area (Å²) in [4.78, 5) is 23.1. The molecule has 0 bridgehead atoms. The minimum Gasteiger partial charge on any atom is -0.477 e. The van der Waals surface area contributed by atoms with Crippen LogP contribution in [0.4, 0.5) is 0 Å². The summed E-state index contributed by atoms with van der Waals surface area (Å²) in [5.41, 5.74) is 2.09. The number of H-pyrrole nitrogens is 1. The SMILES string of the molecule is COCc1c(C(=O)O)ncc2[nH]c3ccc(Oc4ccc(Br)cn4)cc3c12. The van der Waals surface area contributed by atoms with E-state index in [0.717, 1.165) is 26.3 Å². The largest absolute Gasteiger partial charge is 0.477 e. The quantitative estimate of drug-likeness (QED) is 0.486. The molecule has 8 heteroatoms. The molecule has 2 N–H and O–H groups in total. The van der Waals surface area contributed by atoms with E-state index >= 15 is 0 Å². The second-order valence-electron chi connectivity index (χ2n) is 5.86. The maximum Gasteiger partial charge on any atom is 0.354 e. The van der Waals surface area contributed by atoms with Crippen LogP contribution >= 0.6 is 15.9 Å². The van der Waals surface area contributed by atoms with Crippen molar-refractivity contribution >= 4 is 43.7 Å². The number of carboxylic acids is 1. The lowest BCUT2D eigenvalue weighted by atomic mass is 10.1. The summed E-state index contributed by atoms with van der Waals surface area (Å²) >= 11 is 3.34. The second-order valence-corrected chi connectivity index (χ2v) is 6.78. The topological polar surface area (TPSA) is 97.3 Å². The number of halogens is 1. The van der Waals surface area contributed by atoms with Gasteiger partial charge in [0.2, 0.25) is 5.88 Å². The van der Waals surface area contributed by atoms with Gasteiger partial charge in [-0.05, 0) is 40.2 Å². The predicted octanol–water partition coefficient (Wildman–Crippen LogP) is 4.51. The molecule has 0 atom stereocenters. The number of aromatic amines is 1. The molecule has 0 aliphatic rings. The highest BCUT2D eigenvalue weighted by Crippen LogP contribution is 2.33. The smallest absolute Gasteiger partial charge is 0.354 e. The number of benzene rings is 1. The van der Waals surface area contributed by atoms with E-state index in [1.54, 1.807) is 12.3 Å². The first-order valence-corrected chi connectivity index (χ1v) is 8.81. The number of ether oxygens (including phenoxy) is 2. The fourth-order valence-electron chi connectivity index (χ4n) is 3.02. The fraction of sp³-hybridized carbons (Fsp3) is 0.105. The number of methoxy groups -OCH3 is 1. The molecule has 0 aliphatic heterocycles. The first-order valence-electron chi connectivity index (χ1n) is 8.02. The maximum absolute atomic E-state index is 11.6. The number of aromatic nitrogens is 3. The molecule has 7 nitrogen and oxygen atoms in total. The maximum atomic E-state index is 11.6. The minimum absolute atomic E-state index is 0.0221. The van der Waals surface area contributed by atoms with Crippen molar-refractivity contribution in [3.63, 3.8) is 0 Å². The molecule has 0 radical (unpaired) electrons. The summed E-state index contributed by atoms with van der Waals surface area (Å²) in [6, 6.07) is 9.15. The van der Waals surface area contributed by atoms with Crippen molar-refractivity contribution in [1.82, 2.24) is 15.0 Å². The molecule has 0 fully saturated rings. The molecule has 0 spiro atoms. The molecule has 0 aliphatic carbocycles. The van der Waals surface area contributed by atoms with Crippen LogP contribution in [0.25, 0.3) is 21.8 Å². The van der Waals surface area contributed by atoms with Crippen molar-refractivity contribution < 1.29 is 19.4 Å². The number of hydrogen-bond donors (Lipinski definition) is 2. The number of hydrogen-bond acceptors (Lipinski definition) is 5. The van der Waals surface area contributed by atoms with Crippen LogP contribution in [0, 0.1) is 0 Å². The van der Waals surface area contributed by atoms with Gasteiger partial charge in [0.1, 0.15) is 5.75 Å². The molecular weight excluding hydrogens is 414 g/mol. The Hall–Kier alpha value is -2.97. The van der Waals surface area contributed by atoms with Crippen LogP contribution in [0.15, 0.2) is 47.2 Å². The molecule has 3 aromatic heterocycles. The van der Waals surface area contributed by atoms with E-state index < -0.39 is 5.97 Å². The summed E-state index contributed by atoms with van der Waals surface area (Å²) in [7, 11) is 1.52. The minimum atomic E-state index is -1.09. The number of carbonyl (C=O) groups is 1. The highest BCUT2D eigenvalue weighted by atomic mass is 79.9. The van der Waals surface area contributed by atoms with E-state index in [1.807, 2.05) is 24.3 Å². The molecule has 27 heavy (non-hydrogen) atoms. The number of carboxylic acid groups (broad SMARTS) is 1. The van der Waals surface area contributed by atoms with Crippen LogP contribution in [0.1, 0.15) is 16.1 Å². The van der Waals surface area contributed by atoms with E-state index in [1.165, 1.54) is 13.3 Å². The van der Waals surface area contributed by atoms with Crippen LogP contribution in [0.2, 0.25) is 0 Å². The first kappa shape index (κ1) is 17.4. The average Bonchev–Trinajstić information content (AvgIpc) is 3.02. The molecule has 0 amide bonds. The number of pyridine rings is 2. The van der Waals surface area contributed by atoms with Crippen molar-refractivity contribution in [2.24, 2.45) is 0 Å². The molecular formula is C19H14BrN3O4. The molecule has 0 unspecified atom stereocenters. The summed E-state index contributed by atoms with van der Waals surface area (Å²) in [6.45, 7) is 0.137. The van der Waals surface area contributed by atoms with Crippen molar-refractivity contribution in [3.8, 4) is 11.6 Å². The van der Waals surface area contributed by atoms with Gasteiger partial charge in [0.25, 0.3) is 0 Å². The third-order valence-corrected chi connectivity index (χ3v) is 4.59. The molecule has 136 valence electrons. The molecule has 3 heterocycles. The van der Waals surface area contributed by atoms with Crippen molar-refractivity contribution in [2.45, 2.75) is 6.61 Å². The van der Waals surface area contributed by atoms with Gasteiger partial charge in [-0.25, -0.2) is 14.8 Å². The van der Waals surface area contributed by atoms with E-state index in [0.29, 0.717) is 17.2 Å². The molecule has 4 aromatic rings. The lowest BCUT2D eigenvalue weighted by Crippen LogP contribution is -2.07. The van der Waals surface area contributed by atoms with E-state index in [4.69, 9.17) is 9.47 Å². The zero-order chi connectivity index (χ0) is 19.0. The highest BCUT2D eigenvalue weighted by Gasteiger charge is 2.19. The standard InChI is InChI=1S/C19H14BrN3O4/c1-26-9-13-17-12-6-11(27-16-5-2-10(20)7-21-16)3-4-14(12)23-15(17)8-22-18(13)19(24)25/h2-8,23H,9H2,1H3,(H,24,25). The number of rotatable bonds is 5. The average molecular weight is 428 g/mol. The Bertz CT molecular complexity index is 1160. The first-order chi connectivity index (χ1) is 13.1. The molecule has 0 saturated heterocycles. The lowest BCUT2D eigenvalue weighted by Gasteiger charge is -2.07. The highest BCUT2D eigenvalue weighted by molar-refractivity contribution is 9.10. The van der Waals surface area contributed by atoms with Gasteiger partial charge in [0, 0.05) is 45.7 Å². The van der Waals surface area contributed by atoms with Gasteiger partial charge in [0.15, 0.2) is 5.69 Å². The summed E-state index contributed by atoms with van der Waals surface area (Å²) in [5.74, 6) is -0.0394.